The molecule has 0 aliphatic carbocycles. The van der Waals surface area contributed by atoms with Gasteiger partial charge in [-0.3, -0.25) is 9.59 Å². The number of likely N-dealkylation sites (tertiary alicyclic amines) is 1. The van der Waals surface area contributed by atoms with Gasteiger partial charge in [0.2, 0.25) is 5.91 Å². The van der Waals surface area contributed by atoms with Crippen LogP contribution in [0.3, 0.4) is 0 Å². The summed E-state index contributed by atoms with van der Waals surface area (Å²) in [7, 11) is 0. The molecule has 1 N–H and O–H groups in total. The normalized spacial score (nSPS) is 18.2. The zero-order chi connectivity index (χ0) is 18.0. The van der Waals surface area contributed by atoms with Crippen molar-refractivity contribution in [2.24, 2.45) is 0 Å². The van der Waals surface area contributed by atoms with Gasteiger partial charge in [-0.05, 0) is 43.5 Å². The number of furan rings is 1. The smallest absolute Gasteiger partial charge is 0.255 e. The van der Waals surface area contributed by atoms with Crippen molar-refractivity contribution in [3.05, 3.63) is 58.0 Å². The number of hydrogen-bond donors (Lipinski definition) is 1. The summed E-state index contributed by atoms with van der Waals surface area (Å²) >= 11 is 12.1. The summed E-state index contributed by atoms with van der Waals surface area (Å²) in [6, 6.07) is 6.29. The SMILES string of the molecule is CC(NC(=O)c1ccoc1)C(=O)N1CCCC1c1ccc(Cl)c(Cl)c1. The standard InChI is InChI=1S/C18H18Cl2N2O3/c1-11(21-17(23)13-6-8-25-10-13)18(24)22-7-2-3-16(22)12-4-5-14(19)15(20)9-12/h4-6,8-11,16H,2-3,7H2,1H3,(H,21,23). The van der Waals surface area contributed by atoms with Gasteiger partial charge in [-0.2, -0.15) is 0 Å². The molecule has 0 radical (unpaired) electrons. The lowest BCUT2D eigenvalue weighted by Gasteiger charge is -2.28. The van der Waals surface area contributed by atoms with E-state index in [9.17, 15) is 9.59 Å². The number of amides is 2. The van der Waals surface area contributed by atoms with Gasteiger partial charge < -0.3 is 14.6 Å². The summed E-state index contributed by atoms with van der Waals surface area (Å²) in [6.45, 7) is 2.33. The van der Waals surface area contributed by atoms with Crippen LogP contribution in [-0.4, -0.2) is 29.3 Å². The topological polar surface area (TPSA) is 62.6 Å². The first-order chi connectivity index (χ1) is 12.0. The molecular formula is C18H18Cl2N2O3. The van der Waals surface area contributed by atoms with Gasteiger partial charge in [0.25, 0.3) is 5.91 Å². The lowest BCUT2D eigenvalue weighted by atomic mass is 10.0. The zero-order valence-electron chi connectivity index (χ0n) is 13.7. The van der Waals surface area contributed by atoms with Crippen LogP contribution in [0, 0.1) is 0 Å². The van der Waals surface area contributed by atoms with Gasteiger partial charge in [0.15, 0.2) is 0 Å². The fourth-order valence-corrected chi connectivity index (χ4v) is 3.39. The average molecular weight is 381 g/mol. The van der Waals surface area contributed by atoms with Crippen molar-refractivity contribution in [3.8, 4) is 0 Å². The minimum Gasteiger partial charge on any atom is -0.472 e. The Morgan fingerprint density at radius 1 is 1.28 bits per heavy atom. The minimum absolute atomic E-state index is 0.0597. The molecule has 2 atom stereocenters. The Balaban J connectivity index is 1.71. The van der Waals surface area contributed by atoms with E-state index in [2.05, 4.69) is 5.32 Å². The molecule has 2 heterocycles. The number of carbonyl (C=O) groups is 2. The quantitative estimate of drug-likeness (QED) is 0.869. The van der Waals surface area contributed by atoms with Gasteiger partial charge in [0.05, 0.1) is 27.9 Å². The third-order valence-electron chi connectivity index (χ3n) is 4.37. The van der Waals surface area contributed by atoms with Crippen LogP contribution in [-0.2, 0) is 4.79 Å². The molecule has 0 spiro atoms. The number of benzene rings is 1. The number of halogens is 2. The van der Waals surface area contributed by atoms with E-state index in [4.69, 9.17) is 27.6 Å². The van der Waals surface area contributed by atoms with E-state index >= 15 is 0 Å². The molecule has 25 heavy (non-hydrogen) atoms. The number of rotatable bonds is 4. The lowest BCUT2D eigenvalue weighted by molar-refractivity contribution is -0.133. The maximum atomic E-state index is 12.8. The molecule has 0 saturated carbocycles. The Morgan fingerprint density at radius 3 is 2.76 bits per heavy atom. The number of nitrogens with zero attached hydrogens (tertiary/aromatic N) is 1. The van der Waals surface area contributed by atoms with Crippen LogP contribution in [0.2, 0.25) is 10.0 Å². The van der Waals surface area contributed by atoms with E-state index in [-0.39, 0.29) is 17.9 Å². The molecule has 1 aliphatic heterocycles. The van der Waals surface area contributed by atoms with Crippen molar-refractivity contribution in [3.63, 3.8) is 0 Å². The monoisotopic (exact) mass is 380 g/mol. The first kappa shape index (κ1) is 17.8. The highest BCUT2D eigenvalue weighted by atomic mass is 35.5. The average Bonchev–Trinajstić information content (AvgIpc) is 3.28. The van der Waals surface area contributed by atoms with Gasteiger partial charge in [-0.1, -0.05) is 29.3 Å². The minimum atomic E-state index is -0.634. The summed E-state index contributed by atoms with van der Waals surface area (Å²) in [5.74, 6) is -0.453. The summed E-state index contributed by atoms with van der Waals surface area (Å²) in [5, 5.41) is 3.67. The molecule has 0 bridgehead atoms. The van der Waals surface area contributed by atoms with Crippen molar-refractivity contribution in [1.29, 1.82) is 0 Å². The molecule has 2 amide bonds. The fraction of sp³-hybridized carbons (Fsp3) is 0.333. The first-order valence-electron chi connectivity index (χ1n) is 8.06. The van der Waals surface area contributed by atoms with Gasteiger partial charge in [-0.15, -0.1) is 0 Å². The highest BCUT2D eigenvalue weighted by Crippen LogP contribution is 2.35. The molecule has 7 heteroatoms. The molecule has 1 aromatic carbocycles. The van der Waals surface area contributed by atoms with E-state index in [1.54, 1.807) is 30.0 Å². The number of carbonyl (C=O) groups excluding carboxylic acids is 2. The summed E-state index contributed by atoms with van der Waals surface area (Å²) < 4.78 is 4.89. The van der Waals surface area contributed by atoms with Gasteiger partial charge in [0.1, 0.15) is 12.3 Å². The molecular weight excluding hydrogens is 363 g/mol. The van der Waals surface area contributed by atoms with Gasteiger partial charge in [-0.25, -0.2) is 0 Å². The lowest BCUT2D eigenvalue weighted by Crippen LogP contribution is -2.46. The highest BCUT2D eigenvalue weighted by molar-refractivity contribution is 6.42. The van der Waals surface area contributed by atoms with Crippen molar-refractivity contribution in [1.82, 2.24) is 10.2 Å². The number of hydrogen-bond acceptors (Lipinski definition) is 3. The van der Waals surface area contributed by atoms with Gasteiger partial charge in [0, 0.05) is 6.54 Å². The Kier molecular flexibility index (Phi) is 5.35. The predicted molar refractivity (Wildman–Crippen MR) is 95.8 cm³/mol. The van der Waals surface area contributed by atoms with Gasteiger partial charge >= 0.3 is 0 Å². The second kappa shape index (κ2) is 7.50. The van der Waals surface area contributed by atoms with Crippen LogP contribution >= 0.6 is 23.2 Å². The summed E-state index contributed by atoms with van der Waals surface area (Å²) in [6.07, 6.45) is 4.52. The maximum Gasteiger partial charge on any atom is 0.255 e. The van der Waals surface area contributed by atoms with Crippen molar-refractivity contribution in [2.75, 3.05) is 6.54 Å². The van der Waals surface area contributed by atoms with Crippen LogP contribution in [0.15, 0.2) is 41.2 Å². The summed E-state index contributed by atoms with van der Waals surface area (Å²) in [4.78, 5) is 26.7. The molecule has 1 fully saturated rings. The second-order valence-corrected chi connectivity index (χ2v) is 6.88. The molecule has 1 aliphatic rings. The van der Waals surface area contributed by atoms with Crippen molar-refractivity contribution in [2.45, 2.75) is 31.8 Å². The van der Waals surface area contributed by atoms with E-state index in [1.807, 2.05) is 6.07 Å². The van der Waals surface area contributed by atoms with Crippen molar-refractivity contribution >= 4 is 35.0 Å². The first-order valence-corrected chi connectivity index (χ1v) is 8.81. The van der Waals surface area contributed by atoms with E-state index < -0.39 is 6.04 Å². The Labute approximate surface area is 155 Å². The Bertz CT molecular complexity index is 777. The fourth-order valence-electron chi connectivity index (χ4n) is 3.08. The van der Waals surface area contributed by atoms with Crippen molar-refractivity contribution < 1.29 is 14.0 Å². The molecule has 132 valence electrons. The molecule has 2 unspecified atom stereocenters. The van der Waals surface area contributed by atoms with E-state index in [1.165, 1.54) is 12.5 Å². The highest BCUT2D eigenvalue weighted by Gasteiger charge is 2.33. The second-order valence-electron chi connectivity index (χ2n) is 6.07. The molecule has 1 aromatic heterocycles. The molecule has 2 aromatic rings. The van der Waals surface area contributed by atoms with E-state index in [0.717, 1.165) is 18.4 Å². The van der Waals surface area contributed by atoms with Crippen LogP contribution in [0.5, 0.6) is 0 Å². The van der Waals surface area contributed by atoms with E-state index in [0.29, 0.717) is 22.2 Å². The molecule has 5 nitrogen and oxygen atoms in total. The van der Waals surface area contributed by atoms with Crippen LogP contribution < -0.4 is 5.32 Å². The molecule has 1 saturated heterocycles. The zero-order valence-corrected chi connectivity index (χ0v) is 15.2. The number of nitrogens with one attached hydrogen (secondary N) is 1. The Hall–Kier alpha value is -1.98. The van der Waals surface area contributed by atoms with Crippen LogP contribution in [0.1, 0.15) is 41.7 Å². The van der Waals surface area contributed by atoms with Crippen LogP contribution in [0.4, 0.5) is 0 Å². The molecule has 3 rings (SSSR count). The summed E-state index contributed by atoms with van der Waals surface area (Å²) in [5.41, 5.74) is 1.34. The predicted octanol–water partition coefficient (Wildman–Crippen LogP) is 4.07. The third kappa shape index (κ3) is 3.83. The third-order valence-corrected chi connectivity index (χ3v) is 5.10. The largest absolute Gasteiger partial charge is 0.472 e. The van der Waals surface area contributed by atoms with Crippen LogP contribution in [0.25, 0.3) is 0 Å². The Morgan fingerprint density at radius 2 is 2.08 bits per heavy atom. The maximum absolute atomic E-state index is 12.8.